The van der Waals surface area contributed by atoms with Gasteiger partial charge in [0.2, 0.25) is 0 Å². The molecule has 12 heavy (non-hydrogen) atoms. The van der Waals surface area contributed by atoms with E-state index in [-0.39, 0.29) is 6.03 Å². The zero-order chi connectivity index (χ0) is 8.88. The lowest BCUT2D eigenvalue weighted by Crippen LogP contribution is -2.40. The molecule has 1 saturated heterocycles. The van der Waals surface area contributed by atoms with Gasteiger partial charge in [-0.1, -0.05) is 0 Å². The predicted octanol–water partition coefficient (Wildman–Crippen LogP) is -0.443. The minimum Gasteiger partial charge on any atom is -0.331 e. The van der Waals surface area contributed by atoms with E-state index in [2.05, 4.69) is 0 Å². The first-order valence-corrected chi connectivity index (χ1v) is 4.33. The number of amides is 2. The lowest BCUT2D eigenvalue weighted by atomic mass is 10.4. The molecule has 2 aliphatic rings. The van der Waals surface area contributed by atoms with Gasteiger partial charge in [-0.05, 0) is 11.8 Å². The van der Waals surface area contributed by atoms with E-state index in [4.69, 9.17) is 5.73 Å². The van der Waals surface area contributed by atoms with Crippen LogP contribution in [0.2, 0.25) is 0 Å². The van der Waals surface area contributed by atoms with Crippen LogP contribution in [0.25, 0.3) is 0 Å². The summed E-state index contributed by atoms with van der Waals surface area (Å²) in [6, 6.07) is 0.491. The minimum atomic E-state index is 0.120. The number of hydrogen-bond donors (Lipinski definition) is 1. The van der Waals surface area contributed by atoms with Gasteiger partial charge in [0.05, 0.1) is 0 Å². The van der Waals surface area contributed by atoms with Gasteiger partial charge in [0.25, 0.3) is 0 Å². The maximum Gasteiger partial charge on any atom is 0.319 e. The molecule has 0 aromatic carbocycles. The first-order chi connectivity index (χ1) is 5.61. The summed E-state index contributed by atoms with van der Waals surface area (Å²) in [5, 5.41) is 0. The van der Waals surface area contributed by atoms with Gasteiger partial charge in [0.1, 0.15) is 0 Å². The molecule has 1 aliphatic heterocycles. The summed E-state index contributed by atoms with van der Waals surface area (Å²) in [5.74, 6) is 1.18. The van der Waals surface area contributed by atoms with Crippen LogP contribution in [0.1, 0.15) is 0 Å². The van der Waals surface area contributed by atoms with Gasteiger partial charge in [0.15, 0.2) is 0 Å². The number of fused-ring (bicyclic) bond motifs is 1. The standard InChI is InChI=1S/C8H15N3O/c1-10(2)8(12)11-3-5-6(4-11)7(5)9/h5-7H,3-4,9H2,1-2H3. The average molecular weight is 169 g/mol. The molecule has 4 nitrogen and oxygen atoms in total. The Balaban J connectivity index is 1.90. The van der Waals surface area contributed by atoms with Crippen molar-refractivity contribution < 1.29 is 4.79 Å². The number of hydrogen-bond acceptors (Lipinski definition) is 2. The largest absolute Gasteiger partial charge is 0.331 e. The lowest BCUT2D eigenvalue weighted by Gasteiger charge is -2.23. The third-order valence-electron chi connectivity index (χ3n) is 2.91. The number of nitrogens with two attached hydrogens (primary N) is 1. The highest BCUT2D eigenvalue weighted by atomic mass is 16.2. The monoisotopic (exact) mass is 169 g/mol. The van der Waals surface area contributed by atoms with Gasteiger partial charge in [-0.25, -0.2) is 4.79 Å². The van der Waals surface area contributed by atoms with Crippen LogP contribution in [0.15, 0.2) is 0 Å². The van der Waals surface area contributed by atoms with Crippen LogP contribution < -0.4 is 5.73 Å². The van der Waals surface area contributed by atoms with Crippen LogP contribution in [0.5, 0.6) is 0 Å². The van der Waals surface area contributed by atoms with E-state index < -0.39 is 0 Å². The molecule has 1 saturated carbocycles. The van der Waals surface area contributed by atoms with Crippen molar-refractivity contribution in [2.45, 2.75) is 6.04 Å². The number of urea groups is 1. The summed E-state index contributed by atoms with van der Waals surface area (Å²) in [6.45, 7) is 1.73. The molecule has 0 radical (unpaired) electrons. The van der Waals surface area contributed by atoms with E-state index >= 15 is 0 Å². The van der Waals surface area contributed by atoms with E-state index in [1.807, 2.05) is 4.90 Å². The second-order valence-corrected chi connectivity index (χ2v) is 3.99. The molecule has 4 heteroatoms. The molecule has 0 aromatic rings. The summed E-state index contributed by atoms with van der Waals surface area (Å²) in [7, 11) is 3.57. The molecule has 1 aliphatic carbocycles. The summed E-state index contributed by atoms with van der Waals surface area (Å²) >= 11 is 0. The van der Waals surface area contributed by atoms with Gasteiger partial charge in [-0.3, -0.25) is 0 Å². The molecule has 2 fully saturated rings. The summed E-state index contributed by atoms with van der Waals surface area (Å²) in [6.07, 6.45) is 0. The van der Waals surface area contributed by atoms with E-state index in [0.717, 1.165) is 13.1 Å². The fourth-order valence-electron chi connectivity index (χ4n) is 2.01. The van der Waals surface area contributed by atoms with E-state index in [1.165, 1.54) is 0 Å². The van der Waals surface area contributed by atoms with Crippen molar-refractivity contribution in [3.05, 3.63) is 0 Å². The Morgan fingerprint density at radius 2 is 1.92 bits per heavy atom. The van der Waals surface area contributed by atoms with Gasteiger partial charge in [-0.2, -0.15) is 0 Å². The number of rotatable bonds is 0. The molecule has 1 heterocycles. The quantitative estimate of drug-likeness (QED) is 0.534. The van der Waals surface area contributed by atoms with Crippen molar-refractivity contribution >= 4 is 6.03 Å². The Labute approximate surface area is 72.3 Å². The van der Waals surface area contributed by atoms with Gasteiger partial charge in [-0.15, -0.1) is 0 Å². The molecule has 2 atom stereocenters. The first-order valence-electron chi connectivity index (χ1n) is 4.33. The van der Waals surface area contributed by atoms with Gasteiger partial charge < -0.3 is 15.5 Å². The smallest absolute Gasteiger partial charge is 0.319 e. The van der Waals surface area contributed by atoms with Gasteiger partial charge >= 0.3 is 6.03 Å². The molecule has 0 spiro atoms. The van der Waals surface area contributed by atoms with Crippen molar-refractivity contribution in [2.24, 2.45) is 17.6 Å². The molecule has 2 unspecified atom stereocenters. The molecule has 2 amide bonds. The SMILES string of the molecule is CN(C)C(=O)N1CC2C(N)C2C1. The third-order valence-corrected chi connectivity index (χ3v) is 2.91. The summed E-state index contributed by atoms with van der Waals surface area (Å²) in [5.41, 5.74) is 5.76. The van der Waals surface area contributed by atoms with Crippen LogP contribution in [0, 0.1) is 11.8 Å². The number of carbonyl (C=O) groups is 1. The zero-order valence-corrected chi connectivity index (χ0v) is 7.53. The fraction of sp³-hybridized carbons (Fsp3) is 0.875. The lowest BCUT2D eigenvalue weighted by molar-refractivity contribution is 0.176. The molecule has 68 valence electrons. The van der Waals surface area contributed by atoms with Crippen molar-refractivity contribution in [3.63, 3.8) is 0 Å². The van der Waals surface area contributed by atoms with Crippen molar-refractivity contribution in [1.29, 1.82) is 0 Å². The Morgan fingerprint density at radius 1 is 1.42 bits per heavy atom. The summed E-state index contributed by atoms with van der Waals surface area (Å²) < 4.78 is 0. The third kappa shape index (κ3) is 0.982. The van der Waals surface area contributed by atoms with Crippen LogP contribution in [0.3, 0.4) is 0 Å². The average Bonchev–Trinajstić information content (AvgIpc) is 2.53. The summed E-state index contributed by atoms with van der Waals surface area (Å²) in [4.78, 5) is 14.9. The molecular formula is C8H15N3O. The maximum atomic E-state index is 11.4. The Hall–Kier alpha value is -0.770. The van der Waals surface area contributed by atoms with E-state index in [9.17, 15) is 4.79 Å². The van der Waals surface area contributed by atoms with Gasteiger partial charge in [0, 0.05) is 33.2 Å². The first kappa shape index (κ1) is 7.86. The normalized spacial score (nSPS) is 37.9. The van der Waals surface area contributed by atoms with Crippen LogP contribution in [0.4, 0.5) is 4.79 Å². The molecule has 0 bridgehead atoms. The highest BCUT2D eigenvalue weighted by Gasteiger charge is 2.54. The van der Waals surface area contributed by atoms with Crippen LogP contribution in [-0.4, -0.2) is 49.1 Å². The number of carbonyl (C=O) groups excluding carboxylic acids is 1. The molecule has 2 N–H and O–H groups in total. The second-order valence-electron chi connectivity index (χ2n) is 3.99. The molecule has 2 rings (SSSR count). The predicted molar refractivity (Wildman–Crippen MR) is 45.6 cm³/mol. The van der Waals surface area contributed by atoms with Crippen molar-refractivity contribution in [1.82, 2.24) is 9.80 Å². The molecule has 0 aromatic heterocycles. The number of likely N-dealkylation sites (tertiary alicyclic amines) is 1. The minimum absolute atomic E-state index is 0.120. The zero-order valence-electron chi connectivity index (χ0n) is 7.53. The van der Waals surface area contributed by atoms with Crippen LogP contribution >= 0.6 is 0 Å². The topological polar surface area (TPSA) is 49.6 Å². The van der Waals surface area contributed by atoms with E-state index in [1.54, 1.807) is 19.0 Å². The Morgan fingerprint density at radius 3 is 2.33 bits per heavy atom. The fourth-order valence-corrected chi connectivity index (χ4v) is 2.01. The van der Waals surface area contributed by atoms with Crippen molar-refractivity contribution in [3.8, 4) is 0 Å². The highest BCUT2D eigenvalue weighted by molar-refractivity contribution is 5.74. The Bertz CT molecular complexity index is 204. The number of nitrogens with zero attached hydrogens (tertiary/aromatic N) is 2. The number of piperidine rings is 1. The highest BCUT2D eigenvalue weighted by Crippen LogP contribution is 2.43. The Kier molecular flexibility index (Phi) is 1.54. The maximum absolute atomic E-state index is 11.4. The van der Waals surface area contributed by atoms with Crippen LogP contribution in [-0.2, 0) is 0 Å². The molecular weight excluding hydrogens is 154 g/mol. The van der Waals surface area contributed by atoms with E-state index in [0.29, 0.717) is 17.9 Å². The second kappa shape index (κ2) is 2.36. The van der Waals surface area contributed by atoms with Crippen molar-refractivity contribution in [2.75, 3.05) is 27.2 Å².